The van der Waals surface area contributed by atoms with Crippen molar-refractivity contribution in [3.05, 3.63) is 60.7 Å². The topological polar surface area (TPSA) is 40.5 Å². The molecule has 0 amide bonds. The Morgan fingerprint density at radius 3 is 2.00 bits per heavy atom. The van der Waals surface area contributed by atoms with Crippen molar-refractivity contribution in [1.29, 1.82) is 0 Å². The smallest absolute Gasteiger partial charge is 0.123 e. The van der Waals surface area contributed by atoms with Crippen LogP contribution in [0.1, 0.15) is 13.8 Å². The van der Waals surface area contributed by atoms with Gasteiger partial charge < -0.3 is 10.2 Å². The van der Waals surface area contributed by atoms with Gasteiger partial charge in [-0.25, -0.2) is 0 Å². The van der Waals surface area contributed by atoms with E-state index >= 15 is 0 Å². The number of phenolic OH excluding ortho intramolecular Hbond substituents is 2. The standard InChI is InChI=1S/C12H10O2.C4H8/c13-10-6-7-12(14)11(8-10)9-4-2-1-3-5-9;1-3-4-2/h1-8,13-14H;3-4H,1-2H3. The molecule has 2 aromatic rings. The zero-order valence-corrected chi connectivity index (χ0v) is 10.7. The molecule has 0 aromatic heterocycles. The molecular formula is C16H18O2. The molecule has 2 aromatic carbocycles. The van der Waals surface area contributed by atoms with E-state index < -0.39 is 0 Å². The molecule has 0 unspecified atom stereocenters. The van der Waals surface area contributed by atoms with Gasteiger partial charge >= 0.3 is 0 Å². The third kappa shape index (κ3) is 3.98. The van der Waals surface area contributed by atoms with Crippen LogP contribution in [0.5, 0.6) is 11.5 Å². The summed E-state index contributed by atoms with van der Waals surface area (Å²) in [5.74, 6) is 0.329. The maximum absolute atomic E-state index is 9.58. The van der Waals surface area contributed by atoms with Gasteiger partial charge in [0.1, 0.15) is 11.5 Å². The van der Waals surface area contributed by atoms with Crippen LogP contribution in [0.25, 0.3) is 11.1 Å². The maximum atomic E-state index is 9.58. The van der Waals surface area contributed by atoms with E-state index in [1.807, 2.05) is 56.3 Å². The molecule has 0 heterocycles. The van der Waals surface area contributed by atoms with Gasteiger partial charge in [0.15, 0.2) is 0 Å². The van der Waals surface area contributed by atoms with Crippen LogP contribution in [-0.2, 0) is 0 Å². The molecule has 2 rings (SSSR count). The van der Waals surface area contributed by atoms with Gasteiger partial charge in [0.25, 0.3) is 0 Å². The minimum absolute atomic E-state index is 0.154. The number of phenols is 2. The van der Waals surface area contributed by atoms with Gasteiger partial charge in [-0.1, -0.05) is 42.5 Å². The quantitative estimate of drug-likeness (QED) is 0.576. The van der Waals surface area contributed by atoms with Crippen LogP contribution in [0, 0.1) is 0 Å². The highest BCUT2D eigenvalue weighted by molar-refractivity contribution is 5.71. The lowest BCUT2D eigenvalue weighted by molar-refractivity contribution is 0.462. The summed E-state index contributed by atoms with van der Waals surface area (Å²) in [5.41, 5.74) is 1.53. The fourth-order valence-electron chi connectivity index (χ4n) is 1.37. The van der Waals surface area contributed by atoms with Crippen molar-refractivity contribution in [3.63, 3.8) is 0 Å². The monoisotopic (exact) mass is 242 g/mol. The highest BCUT2D eigenvalue weighted by Gasteiger charge is 2.03. The van der Waals surface area contributed by atoms with E-state index in [1.54, 1.807) is 6.07 Å². The Balaban J connectivity index is 0.000000357. The number of hydrogen-bond donors (Lipinski definition) is 2. The summed E-state index contributed by atoms with van der Waals surface area (Å²) in [7, 11) is 0. The molecule has 2 nitrogen and oxygen atoms in total. The lowest BCUT2D eigenvalue weighted by Gasteiger charge is -2.04. The van der Waals surface area contributed by atoms with Gasteiger partial charge in [-0.2, -0.15) is 0 Å². The van der Waals surface area contributed by atoms with Gasteiger partial charge in [-0.3, -0.25) is 0 Å². The number of hydrogen-bond acceptors (Lipinski definition) is 2. The number of aromatic hydroxyl groups is 2. The van der Waals surface area contributed by atoms with Gasteiger partial charge in [-0.05, 0) is 37.6 Å². The lowest BCUT2D eigenvalue weighted by atomic mass is 10.0. The van der Waals surface area contributed by atoms with E-state index in [1.165, 1.54) is 12.1 Å². The minimum Gasteiger partial charge on any atom is -0.508 e. The van der Waals surface area contributed by atoms with E-state index in [-0.39, 0.29) is 11.5 Å². The molecule has 0 radical (unpaired) electrons. The summed E-state index contributed by atoms with van der Waals surface area (Å²) in [6.07, 6.45) is 4.00. The Morgan fingerprint density at radius 2 is 1.44 bits per heavy atom. The second kappa shape index (κ2) is 7.17. The molecule has 94 valence electrons. The number of allylic oxidation sites excluding steroid dienone is 2. The Bertz CT molecular complexity index is 498. The summed E-state index contributed by atoms with van der Waals surface area (Å²) in [4.78, 5) is 0. The number of benzene rings is 2. The van der Waals surface area contributed by atoms with Crippen molar-refractivity contribution in [2.24, 2.45) is 0 Å². The van der Waals surface area contributed by atoms with Gasteiger partial charge in [0, 0.05) is 5.56 Å². The Hall–Kier alpha value is -2.22. The fraction of sp³-hybridized carbons (Fsp3) is 0.125. The lowest BCUT2D eigenvalue weighted by Crippen LogP contribution is -1.78. The minimum atomic E-state index is 0.154. The van der Waals surface area contributed by atoms with Crippen molar-refractivity contribution < 1.29 is 10.2 Å². The second-order valence-corrected chi connectivity index (χ2v) is 3.73. The first-order valence-corrected chi connectivity index (χ1v) is 5.83. The van der Waals surface area contributed by atoms with Crippen molar-refractivity contribution in [1.82, 2.24) is 0 Å². The van der Waals surface area contributed by atoms with Gasteiger partial charge in [0.05, 0.1) is 0 Å². The first-order chi connectivity index (χ1) is 8.69. The Labute approximate surface area is 108 Å². The third-order valence-corrected chi connectivity index (χ3v) is 2.40. The maximum Gasteiger partial charge on any atom is 0.123 e. The zero-order chi connectivity index (χ0) is 13.4. The highest BCUT2D eigenvalue weighted by Crippen LogP contribution is 2.31. The molecule has 0 saturated carbocycles. The summed E-state index contributed by atoms with van der Waals surface area (Å²) < 4.78 is 0. The SMILES string of the molecule is CC=CC.Oc1ccc(O)c(-c2ccccc2)c1. The molecule has 2 heteroatoms. The van der Waals surface area contributed by atoms with E-state index in [0.717, 1.165) is 5.56 Å². The molecule has 0 fully saturated rings. The van der Waals surface area contributed by atoms with Crippen LogP contribution in [-0.4, -0.2) is 10.2 Å². The first kappa shape index (κ1) is 13.8. The summed E-state index contributed by atoms with van der Waals surface area (Å²) >= 11 is 0. The average molecular weight is 242 g/mol. The predicted molar refractivity (Wildman–Crippen MR) is 75.7 cm³/mol. The molecule has 0 aliphatic heterocycles. The molecule has 0 bridgehead atoms. The fourth-order valence-corrected chi connectivity index (χ4v) is 1.37. The van der Waals surface area contributed by atoms with Crippen molar-refractivity contribution in [3.8, 4) is 22.6 Å². The summed E-state index contributed by atoms with van der Waals surface area (Å²) in [6, 6.07) is 13.9. The van der Waals surface area contributed by atoms with E-state index in [2.05, 4.69) is 0 Å². The zero-order valence-electron chi connectivity index (χ0n) is 10.7. The molecule has 2 N–H and O–H groups in total. The molecule has 0 atom stereocenters. The number of rotatable bonds is 1. The van der Waals surface area contributed by atoms with Gasteiger partial charge in [0.2, 0.25) is 0 Å². The highest BCUT2D eigenvalue weighted by atomic mass is 16.3. The van der Waals surface area contributed by atoms with E-state index in [0.29, 0.717) is 5.56 Å². The van der Waals surface area contributed by atoms with Crippen LogP contribution in [0.4, 0.5) is 0 Å². The van der Waals surface area contributed by atoms with Crippen LogP contribution in [0.2, 0.25) is 0 Å². The first-order valence-electron chi connectivity index (χ1n) is 5.83. The average Bonchev–Trinajstić information content (AvgIpc) is 2.43. The molecule has 18 heavy (non-hydrogen) atoms. The molecular weight excluding hydrogens is 224 g/mol. The van der Waals surface area contributed by atoms with Crippen LogP contribution in [0.3, 0.4) is 0 Å². The van der Waals surface area contributed by atoms with Crippen molar-refractivity contribution in [2.45, 2.75) is 13.8 Å². The van der Waals surface area contributed by atoms with E-state index in [4.69, 9.17) is 0 Å². The largest absolute Gasteiger partial charge is 0.508 e. The Kier molecular flexibility index (Phi) is 5.52. The van der Waals surface area contributed by atoms with Crippen LogP contribution in [0.15, 0.2) is 60.7 Å². The predicted octanol–water partition coefficient (Wildman–Crippen LogP) is 4.35. The van der Waals surface area contributed by atoms with Crippen molar-refractivity contribution >= 4 is 0 Å². The van der Waals surface area contributed by atoms with Crippen LogP contribution >= 0.6 is 0 Å². The summed E-state index contributed by atoms with van der Waals surface area (Å²) in [6.45, 7) is 4.00. The molecule has 0 saturated heterocycles. The Morgan fingerprint density at radius 1 is 0.833 bits per heavy atom. The van der Waals surface area contributed by atoms with Gasteiger partial charge in [-0.15, -0.1) is 0 Å². The molecule has 0 spiro atoms. The molecule has 0 aliphatic carbocycles. The normalized spacial score (nSPS) is 9.89. The van der Waals surface area contributed by atoms with E-state index in [9.17, 15) is 10.2 Å². The van der Waals surface area contributed by atoms with Crippen molar-refractivity contribution in [2.75, 3.05) is 0 Å². The van der Waals surface area contributed by atoms with Crippen LogP contribution < -0.4 is 0 Å². The molecule has 0 aliphatic rings. The third-order valence-electron chi connectivity index (χ3n) is 2.40. The summed E-state index contributed by atoms with van der Waals surface area (Å²) in [5, 5.41) is 18.9. The second-order valence-electron chi connectivity index (χ2n) is 3.73.